The lowest BCUT2D eigenvalue weighted by atomic mass is 9.75. The number of rotatable bonds is 8. The number of benzene rings is 1. The quantitative estimate of drug-likeness (QED) is 0.790. The Morgan fingerprint density at radius 2 is 2.00 bits per heavy atom. The zero-order valence-corrected chi connectivity index (χ0v) is 13.9. The van der Waals surface area contributed by atoms with Gasteiger partial charge in [0.1, 0.15) is 0 Å². The van der Waals surface area contributed by atoms with Crippen LogP contribution in [0.4, 0.5) is 0 Å². The molecule has 0 aromatic heterocycles. The van der Waals surface area contributed by atoms with E-state index in [0.717, 1.165) is 32.2 Å². The first-order chi connectivity index (χ1) is 10.5. The summed E-state index contributed by atoms with van der Waals surface area (Å²) >= 11 is 0. The fraction of sp³-hybridized carbons (Fsp3) is 0.526. The third-order valence-corrected chi connectivity index (χ3v) is 4.65. The minimum absolute atomic E-state index is 0.117. The molecular formula is C19H27NO2. The zero-order chi connectivity index (χ0) is 16.2. The summed E-state index contributed by atoms with van der Waals surface area (Å²) in [6.45, 7) is 5.38. The molecule has 1 N–H and O–H groups in total. The van der Waals surface area contributed by atoms with E-state index in [2.05, 4.69) is 44.2 Å². The summed E-state index contributed by atoms with van der Waals surface area (Å²) in [6, 6.07) is 8.72. The van der Waals surface area contributed by atoms with E-state index in [9.17, 15) is 4.79 Å². The average Bonchev–Trinajstić information content (AvgIpc) is 2.72. The molecule has 22 heavy (non-hydrogen) atoms. The van der Waals surface area contributed by atoms with Crippen LogP contribution in [0.2, 0.25) is 0 Å². The lowest BCUT2D eigenvalue weighted by Gasteiger charge is -2.30. The number of carbonyl (C=O) groups is 1. The number of allylic oxidation sites excluding steroid dienone is 2. The molecule has 3 nitrogen and oxygen atoms in total. The Morgan fingerprint density at radius 1 is 1.27 bits per heavy atom. The van der Waals surface area contributed by atoms with Gasteiger partial charge in [0, 0.05) is 5.41 Å². The van der Waals surface area contributed by atoms with E-state index in [1.54, 1.807) is 0 Å². The van der Waals surface area contributed by atoms with Crippen molar-refractivity contribution < 1.29 is 9.90 Å². The molecule has 0 saturated heterocycles. The van der Waals surface area contributed by atoms with Gasteiger partial charge >= 0.3 is 5.97 Å². The molecule has 1 aromatic rings. The Labute approximate surface area is 133 Å². The van der Waals surface area contributed by atoms with Gasteiger partial charge in [-0.2, -0.15) is 0 Å². The SMILES string of the molecule is CCCC1(CCCN(C)CC(=O)O)C=C(C)c2ccccc21. The van der Waals surface area contributed by atoms with E-state index in [1.807, 2.05) is 11.9 Å². The summed E-state index contributed by atoms with van der Waals surface area (Å²) in [7, 11) is 1.88. The summed E-state index contributed by atoms with van der Waals surface area (Å²) in [5.74, 6) is -0.757. The molecule has 0 bridgehead atoms. The second kappa shape index (κ2) is 7.10. The molecule has 0 heterocycles. The van der Waals surface area contributed by atoms with Crippen LogP contribution in [0.25, 0.3) is 5.57 Å². The zero-order valence-electron chi connectivity index (χ0n) is 13.9. The number of hydrogen-bond donors (Lipinski definition) is 1. The number of fused-ring (bicyclic) bond motifs is 1. The van der Waals surface area contributed by atoms with Crippen LogP contribution < -0.4 is 0 Å². The van der Waals surface area contributed by atoms with E-state index in [4.69, 9.17) is 5.11 Å². The first kappa shape index (κ1) is 16.8. The van der Waals surface area contributed by atoms with Crippen molar-refractivity contribution in [1.29, 1.82) is 0 Å². The van der Waals surface area contributed by atoms with E-state index in [0.29, 0.717) is 0 Å². The Bertz CT molecular complexity index is 564. The smallest absolute Gasteiger partial charge is 0.317 e. The number of carboxylic acid groups (broad SMARTS) is 1. The minimum atomic E-state index is -0.757. The van der Waals surface area contributed by atoms with Gasteiger partial charge in [-0.15, -0.1) is 0 Å². The second-order valence-corrected chi connectivity index (χ2v) is 6.51. The van der Waals surface area contributed by atoms with E-state index in [1.165, 1.54) is 16.7 Å². The molecule has 1 aliphatic rings. The molecule has 0 radical (unpaired) electrons. The van der Waals surface area contributed by atoms with Gasteiger partial charge in [0.15, 0.2) is 0 Å². The van der Waals surface area contributed by atoms with E-state index < -0.39 is 5.97 Å². The number of carboxylic acids is 1. The highest BCUT2D eigenvalue weighted by Gasteiger charge is 2.35. The van der Waals surface area contributed by atoms with Crippen LogP contribution in [-0.2, 0) is 10.2 Å². The predicted octanol–water partition coefficient (Wildman–Crippen LogP) is 3.94. The van der Waals surface area contributed by atoms with Gasteiger partial charge in [-0.3, -0.25) is 9.69 Å². The number of nitrogens with zero attached hydrogens (tertiary/aromatic N) is 1. The molecule has 120 valence electrons. The molecular weight excluding hydrogens is 274 g/mol. The highest BCUT2D eigenvalue weighted by Crippen LogP contribution is 2.46. The maximum Gasteiger partial charge on any atom is 0.317 e. The topological polar surface area (TPSA) is 40.5 Å². The van der Waals surface area contributed by atoms with Crippen LogP contribution in [0.15, 0.2) is 30.3 Å². The molecule has 0 spiro atoms. The molecule has 0 fully saturated rings. The number of likely N-dealkylation sites (N-methyl/N-ethyl adjacent to an activating group) is 1. The van der Waals surface area contributed by atoms with Crippen LogP contribution in [0.3, 0.4) is 0 Å². The maximum atomic E-state index is 10.8. The van der Waals surface area contributed by atoms with Gasteiger partial charge in [-0.1, -0.05) is 43.7 Å². The van der Waals surface area contributed by atoms with Gasteiger partial charge in [0.05, 0.1) is 6.54 Å². The summed E-state index contributed by atoms with van der Waals surface area (Å²) in [6.07, 6.45) is 6.85. The molecule has 1 atom stereocenters. The molecule has 2 rings (SSSR count). The van der Waals surface area contributed by atoms with Crippen molar-refractivity contribution in [1.82, 2.24) is 4.90 Å². The summed E-state index contributed by atoms with van der Waals surface area (Å²) < 4.78 is 0. The van der Waals surface area contributed by atoms with Crippen molar-refractivity contribution in [3.05, 3.63) is 41.5 Å². The fourth-order valence-corrected chi connectivity index (χ4v) is 3.79. The number of hydrogen-bond acceptors (Lipinski definition) is 2. The van der Waals surface area contributed by atoms with Crippen molar-refractivity contribution >= 4 is 11.5 Å². The number of aliphatic carboxylic acids is 1. The third-order valence-electron chi connectivity index (χ3n) is 4.65. The Hall–Kier alpha value is -1.61. The summed E-state index contributed by atoms with van der Waals surface area (Å²) in [5.41, 5.74) is 4.35. The van der Waals surface area contributed by atoms with Crippen LogP contribution in [-0.4, -0.2) is 36.1 Å². The molecule has 1 aliphatic carbocycles. The van der Waals surface area contributed by atoms with Crippen LogP contribution >= 0.6 is 0 Å². The lowest BCUT2D eigenvalue weighted by Crippen LogP contribution is -2.29. The maximum absolute atomic E-state index is 10.8. The molecule has 1 aromatic carbocycles. The van der Waals surface area contributed by atoms with Crippen molar-refractivity contribution in [2.45, 2.75) is 44.9 Å². The third kappa shape index (κ3) is 3.58. The van der Waals surface area contributed by atoms with Crippen molar-refractivity contribution in [2.24, 2.45) is 0 Å². The van der Waals surface area contributed by atoms with Crippen molar-refractivity contribution in [3.63, 3.8) is 0 Å². The molecule has 0 aliphatic heterocycles. The largest absolute Gasteiger partial charge is 0.480 e. The van der Waals surface area contributed by atoms with E-state index >= 15 is 0 Å². The molecule has 0 saturated carbocycles. The van der Waals surface area contributed by atoms with Gasteiger partial charge in [-0.25, -0.2) is 0 Å². The van der Waals surface area contributed by atoms with Crippen LogP contribution in [0.1, 0.15) is 50.7 Å². The summed E-state index contributed by atoms with van der Waals surface area (Å²) in [5, 5.41) is 8.84. The van der Waals surface area contributed by atoms with Gasteiger partial charge in [0.2, 0.25) is 0 Å². The van der Waals surface area contributed by atoms with Gasteiger partial charge in [-0.05, 0) is 56.5 Å². The first-order valence-corrected chi connectivity index (χ1v) is 8.18. The monoisotopic (exact) mass is 301 g/mol. The Morgan fingerprint density at radius 3 is 2.68 bits per heavy atom. The van der Waals surface area contributed by atoms with Gasteiger partial charge < -0.3 is 5.11 Å². The molecule has 1 unspecified atom stereocenters. The normalized spacial score (nSPS) is 20.1. The highest BCUT2D eigenvalue weighted by atomic mass is 16.4. The van der Waals surface area contributed by atoms with Crippen molar-refractivity contribution in [3.8, 4) is 0 Å². The average molecular weight is 301 g/mol. The molecule has 0 amide bonds. The minimum Gasteiger partial charge on any atom is -0.480 e. The van der Waals surface area contributed by atoms with Crippen molar-refractivity contribution in [2.75, 3.05) is 20.1 Å². The highest BCUT2D eigenvalue weighted by molar-refractivity contribution is 5.75. The second-order valence-electron chi connectivity index (χ2n) is 6.51. The molecule has 3 heteroatoms. The lowest BCUT2D eigenvalue weighted by molar-refractivity contribution is -0.137. The van der Waals surface area contributed by atoms with Crippen LogP contribution in [0.5, 0.6) is 0 Å². The van der Waals surface area contributed by atoms with Crippen LogP contribution in [0, 0.1) is 0 Å². The Kier molecular flexibility index (Phi) is 5.41. The Balaban J connectivity index is 2.09. The fourth-order valence-electron chi connectivity index (χ4n) is 3.79. The van der Waals surface area contributed by atoms with Gasteiger partial charge in [0.25, 0.3) is 0 Å². The first-order valence-electron chi connectivity index (χ1n) is 8.18. The predicted molar refractivity (Wildman–Crippen MR) is 91.0 cm³/mol. The van der Waals surface area contributed by atoms with E-state index in [-0.39, 0.29) is 12.0 Å². The summed E-state index contributed by atoms with van der Waals surface area (Å²) in [4.78, 5) is 12.6. The standard InChI is InChI=1S/C19H27NO2/c1-4-10-19(11-7-12-20(3)14-18(21)22)13-15(2)16-8-5-6-9-17(16)19/h5-6,8-9,13H,4,7,10-12,14H2,1-3H3,(H,21,22).